The van der Waals surface area contributed by atoms with Gasteiger partial charge in [0.05, 0.1) is 5.52 Å². The minimum atomic E-state index is 0.0519. The minimum absolute atomic E-state index is 0.0519. The van der Waals surface area contributed by atoms with Crippen LogP contribution in [0.2, 0.25) is 0 Å². The van der Waals surface area contributed by atoms with Crippen LogP contribution in [-0.4, -0.2) is 30.5 Å². The van der Waals surface area contributed by atoms with Gasteiger partial charge in [0.15, 0.2) is 0 Å². The van der Waals surface area contributed by atoms with E-state index in [4.69, 9.17) is 5.73 Å². The summed E-state index contributed by atoms with van der Waals surface area (Å²) < 4.78 is 0. The van der Waals surface area contributed by atoms with E-state index >= 15 is 0 Å². The third-order valence-electron chi connectivity index (χ3n) is 2.95. The summed E-state index contributed by atoms with van der Waals surface area (Å²) in [5.41, 5.74) is 8.42. The molecule has 1 heterocycles. The maximum absolute atomic E-state index is 6.24. The number of aromatic nitrogens is 1. The van der Waals surface area contributed by atoms with Gasteiger partial charge in [-0.1, -0.05) is 24.3 Å². The summed E-state index contributed by atoms with van der Waals surface area (Å²) in [5, 5.41) is 1.16. The predicted molar refractivity (Wildman–Crippen MR) is 71.8 cm³/mol. The van der Waals surface area contributed by atoms with Gasteiger partial charge in [0.25, 0.3) is 0 Å². The molecule has 0 bridgehead atoms. The summed E-state index contributed by atoms with van der Waals surface area (Å²) in [7, 11) is 4.13. The van der Waals surface area contributed by atoms with E-state index < -0.39 is 0 Å². The highest BCUT2D eigenvalue weighted by Crippen LogP contribution is 2.22. The van der Waals surface area contributed by atoms with Gasteiger partial charge in [-0.05, 0) is 38.7 Å². The molecule has 0 saturated carbocycles. The molecule has 0 aliphatic heterocycles. The second-order valence-corrected chi connectivity index (χ2v) is 4.62. The lowest BCUT2D eigenvalue weighted by Gasteiger charge is -2.16. The van der Waals surface area contributed by atoms with Crippen molar-refractivity contribution in [1.82, 2.24) is 9.88 Å². The van der Waals surface area contributed by atoms with Gasteiger partial charge in [-0.2, -0.15) is 0 Å². The van der Waals surface area contributed by atoms with Crippen LogP contribution in [0.25, 0.3) is 10.9 Å². The van der Waals surface area contributed by atoms with E-state index in [1.165, 1.54) is 0 Å². The fourth-order valence-electron chi connectivity index (χ4n) is 1.98. The van der Waals surface area contributed by atoms with E-state index in [9.17, 15) is 0 Å². The Bertz CT molecular complexity index is 488. The summed E-state index contributed by atoms with van der Waals surface area (Å²) >= 11 is 0. The van der Waals surface area contributed by atoms with Crippen LogP contribution in [-0.2, 0) is 0 Å². The van der Waals surface area contributed by atoms with Gasteiger partial charge in [0.2, 0.25) is 0 Å². The van der Waals surface area contributed by atoms with Crippen LogP contribution in [0.4, 0.5) is 0 Å². The molecule has 17 heavy (non-hydrogen) atoms. The van der Waals surface area contributed by atoms with Crippen molar-refractivity contribution in [2.45, 2.75) is 12.5 Å². The number of benzene rings is 1. The molecule has 3 nitrogen and oxygen atoms in total. The highest BCUT2D eigenvalue weighted by molar-refractivity contribution is 5.81. The van der Waals surface area contributed by atoms with Gasteiger partial charge in [-0.15, -0.1) is 0 Å². The molecule has 0 saturated heterocycles. The highest BCUT2D eigenvalue weighted by atomic mass is 15.0. The summed E-state index contributed by atoms with van der Waals surface area (Å²) in [5.74, 6) is 0. The molecule has 0 radical (unpaired) electrons. The third kappa shape index (κ3) is 2.81. The summed E-state index contributed by atoms with van der Waals surface area (Å²) in [4.78, 5) is 6.59. The molecule has 2 aromatic rings. The van der Waals surface area contributed by atoms with Crippen LogP contribution in [0.3, 0.4) is 0 Å². The fourth-order valence-corrected chi connectivity index (χ4v) is 1.98. The maximum Gasteiger partial charge on any atom is 0.0749 e. The van der Waals surface area contributed by atoms with Crippen LogP contribution >= 0.6 is 0 Å². The Balaban J connectivity index is 2.28. The van der Waals surface area contributed by atoms with Gasteiger partial charge in [-0.3, -0.25) is 4.98 Å². The average Bonchev–Trinajstić information content (AvgIpc) is 2.35. The lowest BCUT2D eigenvalue weighted by molar-refractivity contribution is 0.383. The molecule has 1 aromatic heterocycles. The van der Waals surface area contributed by atoms with Gasteiger partial charge in [0.1, 0.15) is 0 Å². The number of pyridine rings is 1. The second-order valence-electron chi connectivity index (χ2n) is 4.62. The topological polar surface area (TPSA) is 42.1 Å². The van der Waals surface area contributed by atoms with E-state index in [0.717, 1.165) is 29.4 Å². The van der Waals surface area contributed by atoms with E-state index in [-0.39, 0.29) is 6.04 Å². The quantitative estimate of drug-likeness (QED) is 0.873. The van der Waals surface area contributed by atoms with Crippen molar-refractivity contribution in [3.05, 3.63) is 42.1 Å². The molecular weight excluding hydrogens is 210 g/mol. The molecule has 90 valence electrons. The molecular formula is C14H19N3. The first-order chi connectivity index (χ1) is 8.18. The zero-order valence-corrected chi connectivity index (χ0v) is 10.4. The smallest absolute Gasteiger partial charge is 0.0749 e. The normalized spacial score (nSPS) is 13.2. The molecule has 2 N–H and O–H groups in total. The van der Waals surface area contributed by atoms with Crippen LogP contribution in [0.1, 0.15) is 18.0 Å². The lowest BCUT2D eigenvalue weighted by Crippen LogP contribution is -2.20. The molecule has 2 rings (SSSR count). The molecule has 0 spiro atoms. The van der Waals surface area contributed by atoms with E-state index in [1.807, 2.05) is 12.3 Å². The fraction of sp³-hybridized carbons (Fsp3) is 0.357. The number of rotatable bonds is 4. The minimum Gasteiger partial charge on any atom is -0.324 e. The maximum atomic E-state index is 6.24. The zero-order valence-electron chi connectivity index (χ0n) is 10.4. The Morgan fingerprint density at radius 1 is 1.24 bits per heavy atom. The van der Waals surface area contributed by atoms with Crippen molar-refractivity contribution >= 4 is 10.9 Å². The van der Waals surface area contributed by atoms with Crippen molar-refractivity contribution in [3.8, 4) is 0 Å². The summed E-state index contributed by atoms with van der Waals surface area (Å²) in [6.45, 7) is 0.990. The van der Waals surface area contributed by atoms with E-state index in [0.29, 0.717) is 0 Å². The van der Waals surface area contributed by atoms with Crippen molar-refractivity contribution in [1.29, 1.82) is 0 Å². The first-order valence-electron chi connectivity index (χ1n) is 5.92. The number of nitrogens with zero attached hydrogens (tertiary/aromatic N) is 2. The summed E-state index contributed by atoms with van der Waals surface area (Å²) in [6, 6.07) is 10.3. The van der Waals surface area contributed by atoms with Gasteiger partial charge >= 0.3 is 0 Å². The van der Waals surface area contributed by atoms with Crippen molar-refractivity contribution in [2.75, 3.05) is 20.6 Å². The average molecular weight is 229 g/mol. The third-order valence-corrected chi connectivity index (χ3v) is 2.95. The number of hydrogen-bond acceptors (Lipinski definition) is 3. The van der Waals surface area contributed by atoms with Gasteiger partial charge in [-0.25, -0.2) is 0 Å². The van der Waals surface area contributed by atoms with Crippen LogP contribution in [0, 0.1) is 0 Å². The first kappa shape index (κ1) is 12.0. The highest BCUT2D eigenvalue weighted by Gasteiger charge is 2.10. The van der Waals surface area contributed by atoms with Crippen molar-refractivity contribution in [3.63, 3.8) is 0 Å². The summed E-state index contributed by atoms with van der Waals surface area (Å²) in [6.07, 6.45) is 2.77. The van der Waals surface area contributed by atoms with Crippen LogP contribution in [0.5, 0.6) is 0 Å². The first-order valence-corrected chi connectivity index (χ1v) is 5.92. The Morgan fingerprint density at radius 3 is 2.76 bits per heavy atom. The second kappa shape index (κ2) is 5.25. The SMILES string of the molecule is CN(C)CCC(N)c1cccc2cccnc12. The molecule has 1 aromatic carbocycles. The largest absolute Gasteiger partial charge is 0.324 e. The van der Waals surface area contributed by atoms with Gasteiger partial charge < -0.3 is 10.6 Å². The molecule has 0 amide bonds. The van der Waals surface area contributed by atoms with Crippen molar-refractivity contribution in [2.24, 2.45) is 5.73 Å². The Hall–Kier alpha value is -1.45. The number of nitrogens with two attached hydrogens (primary N) is 1. The van der Waals surface area contributed by atoms with Crippen LogP contribution in [0.15, 0.2) is 36.5 Å². The van der Waals surface area contributed by atoms with Crippen LogP contribution < -0.4 is 5.73 Å². The standard InChI is InChI=1S/C14H19N3/c1-17(2)10-8-13(15)12-7-3-5-11-6-4-9-16-14(11)12/h3-7,9,13H,8,10,15H2,1-2H3. The number of fused-ring (bicyclic) bond motifs is 1. The van der Waals surface area contributed by atoms with E-state index in [1.54, 1.807) is 0 Å². The molecule has 1 unspecified atom stereocenters. The van der Waals surface area contributed by atoms with Gasteiger partial charge in [0, 0.05) is 17.6 Å². The zero-order chi connectivity index (χ0) is 12.3. The molecule has 1 atom stereocenters. The Kier molecular flexibility index (Phi) is 3.71. The molecule has 0 aliphatic carbocycles. The Morgan fingerprint density at radius 2 is 2.00 bits per heavy atom. The molecule has 3 heteroatoms. The molecule has 0 fully saturated rings. The number of hydrogen-bond donors (Lipinski definition) is 1. The van der Waals surface area contributed by atoms with Crippen molar-refractivity contribution < 1.29 is 0 Å². The number of para-hydroxylation sites is 1. The Labute approximate surface area is 102 Å². The van der Waals surface area contributed by atoms with E-state index in [2.05, 4.69) is 48.2 Å². The predicted octanol–water partition coefficient (Wildman–Crippen LogP) is 2.19. The lowest BCUT2D eigenvalue weighted by atomic mass is 10.0. The monoisotopic (exact) mass is 229 g/mol. The molecule has 0 aliphatic rings.